The monoisotopic (exact) mass is 106 g/mol. The van der Waals surface area contributed by atoms with Crippen molar-refractivity contribution in [1.82, 2.24) is 0 Å². The fourth-order valence-electron chi connectivity index (χ4n) is 0.0552. The van der Waals surface area contributed by atoms with Crippen molar-refractivity contribution in [2.24, 2.45) is 0 Å². The van der Waals surface area contributed by atoms with Gasteiger partial charge in [-0.15, -0.1) is 0 Å². The molecule has 0 radical (unpaired) electrons. The van der Waals surface area contributed by atoms with Gasteiger partial charge in [-0.1, -0.05) is 0 Å². The number of carboxylic acid groups (broad SMARTS) is 1. The second-order valence-corrected chi connectivity index (χ2v) is 0.782. The van der Waals surface area contributed by atoms with Crippen molar-refractivity contribution in [3.05, 3.63) is 12.1 Å². The van der Waals surface area contributed by atoms with Crippen molar-refractivity contribution in [3.8, 4) is 0 Å². The summed E-state index contributed by atoms with van der Waals surface area (Å²) in [4.78, 5) is 9.33. The second-order valence-electron chi connectivity index (χ2n) is 0.782. The Hall–Kier alpha value is -1.06. The van der Waals surface area contributed by atoms with Gasteiger partial charge in [-0.3, -0.25) is 0 Å². The highest BCUT2D eigenvalue weighted by Gasteiger charge is 2.01. The fraction of sp³-hybridized carbons (Fsp3) is 0. The predicted molar refractivity (Wildman–Crippen MR) is 19.5 cm³/mol. The van der Waals surface area contributed by atoms with E-state index < -0.39 is 11.8 Å². The molecular weight excluding hydrogens is 103 g/mol. The molecule has 0 amide bonds. The van der Waals surface area contributed by atoms with Crippen molar-refractivity contribution in [2.45, 2.75) is 0 Å². The number of aliphatic carboxylic acids is 1. The van der Waals surface area contributed by atoms with Crippen LogP contribution in [0.2, 0.25) is 0 Å². The van der Waals surface area contributed by atoms with Crippen LogP contribution in [0.5, 0.6) is 0 Å². The molecule has 0 rings (SSSR count). The third-order valence-electron chi connectivity index (χ3n) is 0.318. The molecular formula is C3H3FO3. The quantitative estimate of drug-likeness (QED) is 0.376. The maximum Gasteiger partial charge on any atom is 0.368 e. The number of carboxylic acids is 1. The van der Waals surface area contributed by atoms with Crippen LogP contribution in [-0.4, -0.2) is 16.2 Å². The van der Waals surface area contributed by atoms with Crippen LogP contribution in [0.25, 0.3) is 0 Å². The highest BCUT2D eigenvalue weighted by Crippen LogP contribution is 1.90. The normalized spacial score (nSPS) is 11.3. The summed E-state index contributed by atoms with van der Waals surface area (Å²) < 4.78 is 11.3. The first kappa shape index (κ1) is 5.94. The molecule has 2 N–H and O–H groups in total. The summed E-state index contributed by atoms with van der Waals surface area (Å²) in [5.41, 5.74) is 0. The van der Waals surface area contributed by atoms with Crippen LogP contribution in [0.4, 0.5) is 4.39 Å². The third-order valence-corrected chi connectivity index (χ3v) is 0.318. The molecule has 0 spiro atoms. The van der Waals surface area contributed by atoms with E-state index in [4.69, 9.17) is 10.2 Å². The molecule has 0 atom stereocenters. The number of rotatable bonds is 1. The SMILES string of the molecule is O=C(O)/C(F)=C/O. The van der Waals surface area contributed by atoms with Crippen LogP contribution in [0.1, 0.15) is 0 Å². The molecule has 0 fully saturated rings. The molecule has 0 saturated carbocycles. The van der Waals surface area contributed by atoms with E-state index in [-0.39, 0.29) is 6.26 Å². The van der Waals surface area contributed by atoms with Crippen molar-refractivity contribution in [2.75, 3.05) is 0 Å². The van der Waals surface area contributed by atoms with E-state index in [1.165, 1.54) is 0 Å². The standard InChI is InChI=1S/C3H3FO3/c4-2(1-5)3(6)7/h1,5H,(H,6,7)/b2-1-. The largest absolute Gasteiger partial charge is 0.512 e. The van der Waals surface area contributed by atoms with E-state index in [9.17, 15) is 9.18 Å². The molecule has 0 unspecified atom stereocenters. The highest BCUT2D eigenvalue weighted by molar-refractivity contribution is 5.83. The zero-order chi connectivity index (χ0) is 5.86. The Morgan fingerprint density at radius 1 is 1.71 bits per heavy atom. The molecule has 7 heavy (non-hydrogen) atoms. The third kappa shape index (κ3) is 1.75. The van der Waals surface area contributed by atoms with Gasteiger partial charge in [0.25, 0.3) is 0 Å². The Morgan fingerprint density at radius 2 is 2.14 bits per heavy atom. The Kier molecular flexibility index (Phi) is 1.84. The lowest BCUT2D eigenvalue weighted by Crippen LogP contribution is -1.93. The summed E-state index contributed by atoms with van der Waals surface area (Å²) in [5, 5.41) is 15.2. The zero-order valence-electron chi connectivity index (χ0n) is 3.26. The van der Waals surface area contributed by atoms with E-state index in [2.05, 4.69) is 0 Å². The minimum atomic E-state index is -1.76. The summed E-state index contributed by atoms with van der Waals surface area (Å²) >= 11 is 0. The maximum absolute atomic E-state index is 11.3. The highest BCUT2D eigenvalue weighted by atomic mass is 19.1. The van der Waals surface area contributed by atoms with E-state index in [0.717, 1.165) is 0 Å². The minimum absolute atomic E-state index is 0.109. The average molecular weight is 106 g/mol. The van der Waals surface area contributed by atoms with Crippen molar-refractivity contribution >= 4 is 5.97 Å². The average Bonchev–Trinajstić information content (AvgIpc) is 1.65. The summed E-state index contributed by atoms with van der Waals surface area (Å²) in [6, 6.07) is 0. The van der Waals surface area contributed by atoms with E-state index >= 15 is 0 Å². The maximum atomic E-state index is 11.3. The van der Waals surface area contributed by atoms with Crippen molar-refractivity contribution < 1.29 is 19.4 Å². The summed E-state index contributed by atoms with van der Waals surface area (Å²) in [6.07, 6.45) is -0.109. The van der Waals surface area contributed by atoms with Gasteiger partial charge in [0.1, 0.15) is 6.26 Å². The van der Waals surface area contributed by atoms with Gasteiger partial charge < -0.3 is 10.2 Å². The number of aliphatic hydroxyl groups is 1. The van der Waals surface area contributed by atoms with Crippen LogP contribution >= 0.6 is 0 Å². The van der Waals surface area contributed by atoms with Gasteiger partial charge in [-0.05, 0) is 0 Å². The minimum Gasteiger partial charge on any atom is -0.512 e. The molecule has 0 aromatic heterocycles. The molecule has 40 valence electrons. The summed E-state index contributed by atoms with van der Waals surface area (Å²) in [5.74, 6) is -3.32. The van der Waals surface area contributed by atoms with Crippen LogP contribution in [0, 0.1) is 0 Å². The van der Waals surface area contributed by atoms with Crippen molar-refractivity contribution in [1.29, 1.82) is 0 Å². The molecule has 0 saturated heterocycles. The van der Waals surface area contributed by atoms with Gasteiger partial charge in [-0.2, -0.15) is 4.39 Å². The van der Waals surface area contributed by atoms with Crippen LogP contribution in [0.3, 0.4) is 0 Å². The second kappa shape index (κ2) is 2.17. The smallest absolute Gasteiger partial charge is 0.368 e. The number of hydrogen-bond donors (Lipinski definition) is 2. The van der Waals surface area contributed by atoms with Gasteiger partial charge in [0.2, 0.25) is 5.83 Å². The molecule has 0 heterocycles. The number of aliphatic hydroxyl groups excluding tert-OH is 1. The van der Waals surface area contributed by atoms with Crippen LogP contribution in [-0.2, 0) is 4.79 Å². The number of carbonyl (C=O) groups is 1. The summed E-state index contributed by atoms with van der Waals surface area (Å²) in [7, 11) is 0. The first-order valence-corrected chi connectivity index (χ1v) is 1.41. The van der Waals surface area contributed by atoms with Gasteiger partial charge >= 0.3 is 5.97 Å². The molecule has 0 aliphatic heterocycles. The summed E-state index contributed by atoms with van der Waals surface area (Å²) in [6.45, 7) is 0. The topological polar surface area (TPSA) is 57.5 Å². The molecule has 0 aromatic carbocycles. The molecule has 3 nitrogen and oxygen atoms in total. The molecule has 0 bridgehead atoms. The van der Waals surface area contributed by atoms with E-state index in [1.807, 2.05) is 0 Å². The van der Waals surface area contributed by atoms with Crippen LogP contribution in [0.15, 0.2) is 12.1 Å². The van der Waals surface area contributed by atoms with Crippen LogP contribution < -0.4 is 0 Å². The number of halogens is 1. The first-order valence-electron chi connectivity index (χ1n) is 1.41. The first-order chi connectivity index (χ1) is 3.18. The van der Waals surface area contributed by atoms with Gasteiger partial charge in [-0.25, -0.2) is 4.79 Å². The Balaban J connectivity index is 3.82. The fourth-order valence-corrected chi connectivity index (χ4v) is 0.0552. The molecule has 0 aromatic rings. The van der Waals surface area contributed by atoms with Gasteiger partial charge in [0.15, 0.2) is 0 Å². The Bertz CT molecular complexity index is 107. The lowest BCUT2D eigenvalue weighted by molar-refractivity contribution is -0.134. The van der Waals surface area contributed by atoms with E-state index in [1.54, 1.807) is 0 Å². The van der Waals surface area contributed by atoms with Gasteiger partial charge in [0.05, 0.1) is 0 Å². The van der Waals surface area contributed by atoms with E-state index in [0.29, 0.717) is 0 Å². The van der Waals surface area contributed by atoms with Gasteiger partial charge in [0, 0.05) is 0 Å². The molecule has 4 heteroatoms. The Morgan fingerprint density at radius 3 is 2.14 bits per heavy atom. The zero-order valence-corrected chi connectivity index (χ0v) is 3.26. The number of hydrogen-bond acceptors (Lipinski definition) is 2. The molecule has 0 aliphatic carbocycles. The lowest BCUT2D eigenvalue weighted by Gasteiger charge is -1.78. The van der Waals surface area contributed by atoms with Crippen molar-refractivity contribution in [3.63, 3.8) is 0 Å². The predicted octanol–water partition coefficient (Wildman–Crippen LogP) is 0.440. The Labute approximate surface area is 38.7 Å². The lowest BCUT2D eigenvalue weighted by atomic mass is 10.6. The molecule has 0 aliphatic rings.